The van der Waals surface area contributed by atoms with Crippen molar-refractivity contribution in [3.63, 3.8) is 0 Å². The largest absolute Gasteiger partial charge is 0.355 e. The quantitative estimate of drug-likeness (QED) is 0.910. The topological polar surface area (TPSA) is 42.0 Å². The molecule has 0 bridgehead atoms. The van der Waals surface area contributed by atoms with Crippen molar-refractivity contribution in [1.82, 2.24) is 10.3 Å². The van der Waals surface area contributed by atoms with Crippen molar-refractivity contribution in [3.05, 3.63) is 51.5 Å². The van der Waals surface area contributed by atoms with Gasteiger partial charge in [-0.05, 0) is 19.4 Å². The molecule has 0 saturated heterocycles. The Bertz CT molecular complexity index is 563. The van der Waals surface area contributed by atoms with E-state index in [9.17, 15) is 4.79 Å². The van der Waals surface area contributed by atoms with Crippen molar-refractivity contribution in [2.45, 2.75) is 26.7 Å². The van der Waals surface area contributed by atoms with Crippen LogP contribution in [0.3, 0.4) is 0 Å². The number of thiazole rings is 1. The average molecular weight is 274 g/mol. The van der Waals surface area contributed by atoms with Gasteiger partial charge in [0.15, 0.2) is 0 Å². The van der Waals surface area contributed by atoms with E-state index in [0.29, 0.717) is 13.0 Å². The maximum Gasteiger partial charge on any atom is 0.224 e. The van der Waals surface area contributed by atoms with Crippen LogP contribution in [0.2, 0.25) is 0 Å². The van der Waals surface area contributed by atoms with Crippen LogP contribution >= 0.6 is 11.3 Å². The van der Waals surface area contributed by atoms with Gasteiger partial charge in [0.1, 0.15) is 0 Å². The zero-order valence-corrected chi connectivity index (χ0v) is 12.1. The minimum Gasteiger partial charge on any atom is -0.355 e. The van der Waals surface area contributed by atoms with Crippen LogP contribution in [0.15, 0.2) is 29.8 Å². The normalized spacial score (nSPS) is 10.4. The van der Waals surface area contributed by atoms with E-state index in [4.69, 9.17) is 0 Å². The third-order valence-corrected chi connectivity index (χ3v) is 3.96. The van der Waals surface area contributed by atoms with Crippen molar-refractivity contribution < 1.29 is 4.79 Å². The fourth-order valence-corrected chi connectivity index (χ4v) is 2.73. The number of nitrogens with zero attached hydrogens (tertiary/aromatic N) is 1. The van der Waals surface area contributed by atoms with E-state index >= 15 is 0 Å². The Labute approximate surface area is 117 Å². The number of carbonyl (C=O) groups is 1. The van der Waals surface area contributed by atoms with Crippen molar-refractivity contribution in [1.29, 1.82) is 0 Å². The predicted molar refractivity (Wildman–Crippen MR) is 78.4 cm³/mol. The molecule has 0 radical (unpaired) electrons. The van der Waals surface area contributed by atoms with Gasteiger partial charge < -0.3 is 5.32 Å². The maximum atomic E-state index is 11.8. The van der Waals surface area contributed by atoms with E-state index in [1.54, 1.807) is 11.3 Å². The van der Waals surface area contributed by atoms with Crippen LogP contribution in [-0.4, -0.2) is 17.4 Å². The van der Waals surface area contributed by atoms with Crippen molar-refractivity contribution >= 4 is 17.2 Å². The fraction of sp³-hybridized carbons (Fsp3) is 0.333. The molecule has 1 aromatic heterocycles. The van der Waals surface area contributed by atoms with Gasteiger partial charge in [-0.2, -0.15) is 0 Å². The number of hydrogen-bond acceptors (Lipinski definition) is 3. The molecule has 0 fully saturated rings. The zero-order chi connectivity index (χ0) is 13.7. The number of rotatable bonds is 5. The lowest BCUT2D eigenvalue weighted by Crippen LogP contribution is -2.27. The summed E-state index contributed by atoms with van der Waals surface area (Å²) < 4.78 is 0. The summed E-state index contributed by atoms with van der Waals surface area (Å²) in [6.45, 7) is 4.71. The fourth-order valence-electron chi connectivity index (χ4n) is 1.95. The van der Waals surface area contributed by atoms with Crippen LogP contribution in [-0.2, 0) is 17.6 Å². The smallest absolute Gasteiger partial charge is 0.224 e. The van der Waals surface area contributed by atoms with Gasteiger partial charge in [-0.25, -0.2) is 4.98 Å². The van der Waals surface area contributed by atoms with Gasteiger partial charge in [0.05, 0.1) is 17.6 Å². The first-order chi connectivity index (χ1) is 9.15. The molecular formula is C15H18N2OS. The Morgan fingerprint density at radius 1 is 1.37 bits per heavy atom. The Morgan fingerprint density at radius 3 is 2.89 bits per heavy atom. The van der Waals surface area contributed by atoms with Gasteiger partial charge in [0, 0.05) is 17.8 Å². The zero-order valence-electron chi connectivity index (χ0n) is 11.3. The maximum absolute atomic E-state index is 11.8. The van der Waals surface area contributed by atoms with E-state index in [2.05, 4.69) is 10.3 Å². The predicted octanol–water partition coefficient (Wildman–Crippen LogP) is 2.66. The molecule has 1 heterocycles. The standard InChI is InChI=1S/C15H18N2OS/c1-11-4-3-5-13(8-11)9-15(18)16-7-6-14-12(2)17-10-19-14/h3-5,8,10H,6-7,9H2,1-2H3,(H,16,18). The Balaban J connectivity index is 1.77. The lowest BCUT2D eigenvalue weighted by Gasteiger charge is -2.05. The molecule has 3 nitrogen and oxygen atoms in total. The van der Waals surface area contributed by atoms with E-state index in [1.165, 1.54) is 10.4 Å². The van der Waals surface area contributed by atoms with Gasteiger partial charge >= 0.3 is 0 Å². The number of carbonyl (C=O) groups excluding carboxylic acids is 1. The summed E-state index contributed by atoms with van der Waals surface area (Å²) in [6.07, 6.45) is 1.30. The van der Waals surface area contributed by atoms with E-state index in [-0.39, 0.29) is 5.91 Å². The van der Waals surface area contributed by atoms with Gasteiger partial charge in [-0.3, -0.25) is 4.79 Å². The number of nitrogens with one attached hydrogen (secondary N) is 1. The number of benzene rings is 1. The van der Waals surface area contributed by atoms with Gasteiger partial charge in [-0.1, -0.05) is 29.8 Å². The Morgan fingerprint density at radius 2 is 2.21 bits per heavy atom. The van der Waals surface area contributed by atoms with E-state index < -0.39 is 0 Å². The van der Waals surface area contributed by atoms with Crippen LogP contribution in [0.1, 0.15) is 21.7 Å². The third-order valence-electron chi connectivity index (χ3n) is 2.97. The minimum absolute atomic E-state index is 0.0766. The highest BCUT2D eigenvalue weighted by Gasteiger charge is 2.05. The molecule has 0 aliphatic carbocycles. The Hall–Kier alpha value is -1.68. The highest BCUT2D eigenvalue weighted by Crippen LogP contribution is 2.12. The van der Waals surface area contributed by atoms with Crippen molar-refractivity contribution in [2.24, 2.45) is 0 Å². The molecule has 1 N–H and O–H groups in total. The van der Waals surface area contributed by atoms with Crippen LogP contribution in [0.5, 0.6) is 0 Å². The lowest BCUT2D eigenvalue weighted by atomic mass is 10.1. The highest BCUT2D eigenvalue weighted by molar-refractivity contribution is 7.09. The van der Waals surface area contributed by atoms with Gasteiger partial charge in [-0.15, -0.1) is 11.3 Å². The molecule has 100 valence electrons. The minimum atomic E-state index is 0.0766. The summed E-state index contributed by atoms with van der Waals surface area (Å²) in [5.41, 5.74) is 5.16. The summed E-state index contributed by atoms with van der Waals surface area (Å²) in [4.78, 5) is 17.3. The highest BCUT2D eigenvalue weighted by atomic mass is 32.1. The molecule has 4 heteroatoms. The summed E-state index contributed by atoms with van der Waals surface area (Å²) in [5.74, 6) is 0.0766. The molecule has 0 saturated carbocycles. The molecule has 0 unspecified atom stereocenters. The third kappa shape index (κ3) is 4.17. The van der Waals surface area contributed by atoms with Crippen LogP contribution in [0, 0.1) is 13.8 Å². The summed E-state index contributed by atoms with van der Waals surface area (Å²) in [5, 5.41) is 2.96. The molecule has 1 amide bonds. The molecule has 0 atom stereocenters. The molecule has 0 spiro atoms. The first-order valence-electron chi connectivity index (χ1n) is 6.36. The van der Waals surface area contributed by atoms with Crippen molar-refractivity contribution in [2.75, 3.05) is 6.54 Å². The van der Waals surface area contributed by atoms with E-state index in [0.717, 1.165) is 17.7 Å². The van der Waals surface area contributed by atoms with E-state index in [1.807, 2.05) is 43.6 Å². The average Bonchev–Trinajstić information content (AvgIpc) is 2.75. The van der Waals surface area contributed by atoms with Crippen LogP contribution < -0.4 is 5.32 Å². The van der Waals surface area contributed by atoms with Gasteiger partial charge in [0.25, 0.3) is 0 Å². The SMILES string of the molecule is Cc1cccc(CC(=O)NCCc2scnc2C)c1. The molecular weight excluding hydrogens is 256 g/mol. The second-order valence-corrected chi connectivity index (χ2v) is 5.57. The first kappa shape index (κ1) is 13.7. The number of hydrogen-bond donors (Lipinski definition) is 1. The van der Waals surface area contributed by atoms with Crippen molar-refractivity contribution in [3.8, 4) is 0 Å². The lowest BCUT2D eigenvalue weighted by molar-refractivity contribution is -0.120. The molecule has 1 aromatic carbocycles. The number of aryl methyl sites for hydroxylation is 2. The molecule has 2 rings (SSSR count). The monoisotopic (exact) mass is 274 g/mol. The Kier molecular flexibility index (Phi) is 4.68. The number of aromatic nitrogens is 1. The van der Waals surface area contributed by atoms with Crippen LogP contribution in [0.25, 0.3) is 0 Å². The number of amides is 1. The van der Waals surface area contributed by atoms with Gasteiger partial charge in [0.2, 0.25) is 5.91 Å². The van der Waals surface area contributed by atoms with Crippen LogP contribution in [0.4, 0.5) is 0 Å². The molecule has 0 aliphatic heterocycles. The summed E-state index contributed by atoms with van der Waals surface area (Å²) in [6, 6.07) is 8.05. The molecule has 2 aromatic rings. The second-order valence-electron chi connectivity index (χ2n) is 4.63. The second kappa shape index (κ2) is 6.48. The summed E-state index contributed by atoms with van der Waals surface area (Å²) in [7, 11) is 0. The molecule has 19 heavy (non-hydrogen) atoms. The first-order valence-corrected chi connectivity index (χ1v) is 7.24. The molecule has 0 aliphatic rings. The summed E-state index contributed by atoms with van der Waals surface area (Å²) >= 11 is 1.64.